The van der Waals surface area contributed by atoms with Crippen molar-refractivity contribution >= 4 is 22.4 Å². The SMILES string of the molecule is [N-]=[N+]=NCCC#Cc1cccc2cccc(Cl)c12. The van der Waals surface area contributed by atoms with E-state index in [4.69, 9.17) is 17.1 Å². The Kier molecular flexibility index (Phi) is 4.09. The van der Waals surface area contributed by atoms with Gasteiger partial charge < -0.3 is 0 Å². The van der Waals surface area contributed by atoms with Gasteiger partial charge in [0.1, 0.15) is 0 Å². The lowest BCUT2D eigenvalue weighted by Crippen LogP contribution is -1.81. The number of benzene rings is 2. The lowest BCUT2D eigenvalue weighted by molar-refractivity contribution is 1.01. The molecule has 0 saturated heterocycles. The Morgan fingerprint density at radius 3 is 2.78 bits per heavy atom. The summed E-state index contributed by atoms with van der Waals surface area (Å²) in [6.07, 6.45) is 0.547. The molecule has 2 aromatic carbocycles. The van der Waals surface area contributed by atoms with E-state index >= 15 is 0 Å². The van der Waals surface area contributed by atoms with Crippen LogP contribution in [0.15, 0.2) is 41.5 Å². The molecule has 18 heavy (non-hydrogen) atoms. The molecule has 0 unspecified atom stereocenters. The van der Waals surface area contributed by atoms with Gasteiger partial charge in [-0.2, -0.15) is 0 Å². The number of nitrogens with zero attached hydrogens (tertiary/aromatic N) is 3. The van der Waals surface area contributed by atoms with Crippen LogP contribution in [0.1, 0.15) is 12.0 Å². The van der Waals surface area contributed by atoms with Crippen molar-refractivity contribution in [2.24, 2.45) is 5.11 Å². The van der Waals surface area contributed by atoms with Gasteiger partial charge >= 0.3 is 0 Å². The normalized spacial score (nSPS) is 9.39. The predicted molar refractivity (Wildman–Crippen MR) is 74.5 cm³/mol. The van der Waals surface area contributed by atoms with Gasteiger partial charge in [0.25, 0.3) is 0 Å². The summed E-state index contributed by atoms with van der Waals surface area (Å²) in [7, 11) is 0. The van der Waals surface area contributed by atoms with Crippen LogP contribution in [-0.4, -0.2) is 6.54 Å². The van der Waals surface area contributed by atoms with Crippen molar-refractivity contribution in [2.75, 3.05) is 6.54 Å². The second kappa shape index (κ2) is 5.97. The van der Waals surface area contributed by atoms with E-state index in [9.17, 15) is 0 Å². The number of fused-ring (bicyclic) bond motifs is 1. The number of hydrogen-bond donors (Lipinski definition) is 0. The van der Waals surface area contributed by atoms with Gasteiger partial charge in [0.05, 0.1) is 0 Å². The predicted octanol–water partition coefficient (Wildman–Crippen LogP) is 4.55. The van der Waals surface area contributed by atoms with Crippen LogP contribution in [-0.2, 0) is 0 Å². The van der Waals surface area contributed by atoms with E-state index in [1.807, 2.05) is 36.4 Å². The molecular weight excluding hydrogens is 246 g/mol. The van der Waals surface area contributed by atoms with E-state index in [-0.39, 0.29) is 0 Å². The lowest BCUT2D eigenvalue weighted by atomic mass is 10.0. The summed E-state index contributed by atoms with van der Waals surface area (Å²) >= 11 is 6.19. The van der Waals surface area contributed by atoms with E-state index in [1.54, 1.807) is 0 Å². The summed E-state index contributed by atoms with van der Waals surface area (Å²) < 4.78 is 0. The highest BCUT2D eigenvalue weighted by Crippen LogP contribution is 2.26. The smallest absolute Gasteiger partial charge is 0.0496 e. The van der Waals surface area contributed by atoms with Crippen LogP contribution in [0.2, 0.25) is 5.02 Å². The van der Waals surface area contributed by atoms with Crippen molar-refractivity contribution in [3.63, 3.8) is 0 Å². The maximum Gasteiger partial charge on any atom is 0.0496 e. The van der Waals surface area contributed by atoms with Crippen LogP contribution in [0, 0.1) is 11.8 Å². The Bertz CT molecular complexity index is 671. The average Bonchev–Trinajstić information content (AvgIpc) is 2.39. The Morgan fingerprint density at radius 1 is 1.22 bits per heavy atom. The summed E-state index contributed by atoms with van der Waals surface area (Å²) in [5.74, 6) is 6.05. The lowest BCUT2D eigenvalue weighted by Gasteiger charge is -2.02. The summed E-state index contributed by atoms with van der Waals surface area (Å²) in [5, 5.41) is 6.18. The second-order valence-electron chi connectivity index (χ2n) is 3.65. The molecule has 88 valence electrons. The minimum atomic E-state index is 0.391. The Balaban J connectivity index is 2.36. The summed E-state index contributed by atoms with van der Waals surface area (Å²) in [5.41, 5.74) is 9.05. The summed E-state index contributed by atoms with van der Waals surface area (Å²) in [4.78, 5) is 2.68. The van der Waals surface area contributed by atoms with Gasteiger partial charge in [-0.3, -0.25) is 0 Å². The monoisotopic (exact) mass is 255 g/mol. The third kappa shape index (κ3) is 2.75. The van der Waals surface area contributed by atoms with Crippen molar-refractivity contribution in [1.82, 2.24) is 0 Å². The third-order valence-electron chi connectivity index (χ3n) is 2.48. The maximum absolute atomic E-state index is 8.15. The topological polar surface area (TPSA) is 48.8 Å². The van der Waals surface area contributed by atoms with E-state index in [1.165, 1.54) is 0 Å². The fourth-order valence-corrected chi connectivity index (χ4v) is 1.99. The molecule has 3 nitrogen and oxygen atoms in total. The molecule has 0 heterocycles. The van der Waals surface area contributed by atoms with Crippen LogP contribution < -0.4 is 0 Å². The van der Waals surface area contributed by atoms with Gasteiger partial charge in [-0.05, 0) is 23.1 Å². The van der Waals surface area contributed by atoms with Crippen LogP contribution in [0.4, 0.5) is 0 Å². The van der Waals surface area contributed by atoms with Gasteiger partial charge in [0.2, 0.25) is 0 Å². The molecule has 2 rings (SSSR count). The van der Waals surface area contributed by atoms with Crippen molar-refractivity contribution in [1.29, 1.82) is 0 Å². The molecule has 2 aromatic rings. The highest BCUT2D eigenvalue weighted by atomic mass is 35.5. The first-order valence-corrected chi connectivity index (χ1v) is 5.87. The number of rotatable bonds is 2. The van der Waals surface area contributed by atoms with Crippen LogP contribution in [0.5, 0.6) is 0 Å². The quantitative estimate of drug-likeness (QED) is 0.249. The second-order valence-corrected chi connectivity index (χ2v) is 4.06. The molecule has 0 radical (unpaired) electrons. The summed E-state index contributed by atoms with van der Waals surface area (Å²) in [6, 6.07) is 11.7. The van der Waals surface area contributed by atoms with E-state index in [0.717, 1.165) is 16.3 Å². The zero-order chi connectivity index (χ0) is 12.8. The van der Waals surface area contributed by atoms with Crippen LogP contribution in [0.25, 0.3) is 21.2 Å². The van der Waals surface area contributed by atoms with Gasteiger partial charge in [-0.1, -0.05) is 52.8 Å². The van der Waals surface area contributed by atoms with Crippen molar-refractivity contribution in [3.05, 3.63) is 57.4 Å². The number of azide groups is 1. The van der Waals surface area contributed by atoms with Crippen molar-refractivity contribution < 1.29 is 0 Å². The molecule has 0 amide bonds. The van der Waals surface area contributed by atoms with Crippen molar-refractivity contribution in [3.8, 4) is 11.8 Å². The fourth-order valence-electron chi connectivity index (χ4n) is 1.71. The van der Waals surface area contributed by atoms with Crippen LogP contribution in [0.3, 0.4) is 0 Å². The van der Waals surface area contributed by atoms with Gasteiger partial charge in [-0.15, -0.1) is 0 Å². The first-order chi connectivity index (χ1) is 8.83. The Hall–Kier alpha value is -2.14. The Labute approximate surface area is 110 Å². The van der Waals surface area contributed by atoms with Gasteiger partial charge in [-0.25, -0.2) is 0 Å². The Morgan fingerprint density at radius 2 is 2.00 bits per heavy atom. The highest BCUT2D eigenvalue weighted by Gasteiger charge is 2.01. The maximum atomic E-state index is 8.15. The average molecular weight is 256 g/mol. The first-order valence-electron chi connectivity index (χ1n) is 5.50. The third-order valence-corrected chi connectivity index (χ3v) is 2.79. The van der Waals surface area contributed by atoms with E-state index < -0.39 is 0 Å². The molecule has 0 fully saturated rings. The summed E-state index contributed by atoms with van der Waals surface area (Å²) in [6.45, 7) is 0.391. The zero-order valence-corrected chi connectivity index (χ0v) is 10.4. The number of halogens is 1. The van der Waals surface area contributed by atoms with Crippen LogP contribution >= 0.6 is 11.6 Å². The van der Waals surface area contributed by atoms with Gasteiger partial charge in [0.15, 0.2) is 0 Å². The molecule has 0 saturated carbocycles. The zero-order valence-electron chi connectivity index (χ0n) is 9.60. The molecule has 0 aliphatic heterocycles. The highest BCUT2D eigenvalue weighted by molar-refractivity contribution is 6.36. The first kappa shape index (κ1) is 12.3. The fraction of sp³-hybridized carbons (Fsp3) is 0.143. The molecule has 4 heteroatoms. The molecule has 0 N–H and O–H groups in total. The molecule has 0 aromatic heterocycles. The van der Waals surface area contributed by atoms with E-state index in [0.29, 0.717) is 18.0 Å². The molecule has 0 spiro atoms. The molecule has 0 aliphatic rings. The molecule has 0 bridgehead atoms. The standard InChI is InChI=1S/C14H10ClN3/c15-13-9-4-8-12-7-3-6-11(14(12)13)5-1-2-10-17-18-16/h3-4,6-9H,2,10H2. The van der Waals surface area contributed by atoms with Crippen molar-refractivity contribution in [2.45, 2.75) is 6.42 Å². The van der Waals surface area contributed by atoms with E-state index in [2.05, 4.69) is 21.9 Å². The van der Waals surface area contributed by atoms with Gasteiger partial charge in [0, 0.05) is 33.8 Å². The minimum Gasteiger partial charge on any atom is -0.0977 e. The minimum absolute atomic E-state index is 0.391. The molecule has 0 atom stereocenters. The molecular formula is C14H10ClN3. The number of hydrogen-bond acceptors (Lipinski definition) is 1. The molecule has 0 aliphatic carbocycles. The largest absolute Gasteiger partial charge is 0.0977 e.